The second kappa shape index (κ2) is 4.24. The predicted molar refractivity (Wildman–Crippen MR) is 39.9 cm³/mol. The molecule has 12 heavy (non-hydrogen) atoms. The summed E-state index contributed by atoms with van der Waals surface area (Å²) in [7, 11) is 0. The summed E-state index contributed by atoms with van der Waals surface area (Å²) in [5, 5.41) is 0. The molecule has 0 saturated carbocycles. The normalized spacial score (nSPS) is 9.08. The highest BCUT2D eigenvalue weighted by Crippen LogP contribution is 1.95. The maximum atomic E-state index is 10.6. The van der Waals surface area contributed by atoms with Crippen molar-refractivity contribution in [3.63, 3.8) is 0 Å². The molecule has 0 radical (unpaired) electrons. The van der Waals surface area contributed by atoms with Gasteiger partial charge in [0.15, 0.2) is 6.61 Å². The van der Waals surface area contributed by atoms with Crippen molar-refractivity contribution in [2.45, 2.75) is 0 Å². The van der Waals surface area contributed by atoms with Gasteiger partial charge in [0, 0.05) is 12.4 Å². The van der Waals surface area contributed by atoms with Gasteiger partial charge in [0.25, 0.3) is 5.91 Å². The van der Waals surface area contributed by atoms with Gasteiger partial charge in [0.1, 0.15) is 0 Å². The molecule has 3 N–H and O–H groups in total. The van der Waals surface area contributed by atoms with Crippen LogP contribution in [0.15, 0.2) is 18.5 Å². The van der Waals surface area contributed by atoms with Gasteiger partial charge in [-0.1, -0.05) is 0 Å². The Hall–Kier alpha value is -1.69. The Kier molecular flexibility index (Phi) is 2.97. The molecule has 0 aromatic carbocycles. The second-order valence-corrected chi connectivity index (χ2v) is 1.89. The van der Waals surface area contributed by atoms with Crippen LogP contribution >= 0.6 is 0 Å². The lowest BCUT2D eigenvalue weighted by atomic mass is 10.7. The molecule has 0 unspecified atom stereocenters. The highest BCUT2D eigenvalue weighted by molar-refractivity contribution is 5.76. The van der Waals surface area contributed by atoms with Crippen LogP contribution in [0.4, 0.5) is 0 Å². The van der Waals surface area contributed by atoms with Crippen LogP contribution in [0.25, 0.3) is 0 Å². The molecular weight excluding hydrogens is 160 g/mol. The lowest BCUT2D eigenvalue weighted by molar-refractivity contribution is -0.123. The molecule has 1 rings (SSSR count). The van der Waals surface area contributed by atoms with Gasteiger partial charge in [0.05, 0.1) is 0 Å². The van der Waals surface area contributed by atoms with Gasteiger partial charge in [-0.15, -0.1) is 0 Å². The number of nitrogens with two attached hydrogens (primary N) is 1. The number of hydrogen-bond donors (Lipinski definition) is 2. The van der Waals surface area contributed by atoms with E-state index in [0.29, 0.717) is 0 Å². The molecule has 0 saturated heterocycles. The van der Waals surface area contributed by atoms with Crippen LogP contribution in [0, 0.1) is 0 Å². The molecule has 64 valence electrons. The fraction of sp³-hybridized carbons (Fsp3) is 0.167. The van der Waals surface area contributed by atoms with E-state index in [0.717, 1.165) is 0 Å². The fourth-order valence-corrected chi connectivity index (χ4v) is 0.532. The minimum Gasteiger partial charge on any atom is -0.453 e. The molecular formula is C6H8N4O2. The second-order valence-electron chi connectivity index (χ2n) is 1.89. The van der Waals surface area contributed by atoms with E-state index in [-0.39, 0.29) is 12.6 Å². The summed E-state index contributed by atoms with van der Waals surface area (Å²) in [6.07, 6.45) is 3.03. The van der Waals surface area contributed by atoms with Crippen LogP contribution in [0.5, 0.6) is 6.01 Å². The van der Waals surface area contributed by atoms with E-state index in [4.69, 9.17) is 10.6 Å². The number of carbonyl (C=O) groups is 1. The molecule has 0 atom stereocenters. The number of nitrogens with zero attached hydrogens (tertiary/aromatic N) is 2. The van der Waals surface area contributed by atoms with Gasteiger partial charge >= 0.3 is 6.01 Å². The molecule has 0 aliphatic carbocycles. The molecule has 1 amide bonds. The van der Waals surface area contributed by atoms with Gasteiger partial charge < -0.3 is 4.74 Å². The molecule has 1 heterocycles. The van der Waals surface area contributed by atoms with Crippen LogP contribution < -0.4 is 16.0 Å². The lowest BCUT2D eigenvalue weighted by Gasteiger charge is -2.00. The maximum Gasteiger partial charge on any atom is 0.316 e. The Morgan fingerprint density at radius 3 is 2.83 bits per heavy atom. The van der Waals surface area contributed by atoms with Gasteiger partial charge in [-0.3, -0.25) is 10.2 Å². The summed E-state index contributed by atoms with van der Waals surface area (Å²) in [5.74, 6) is 4.39. The van der Waals surface area contributed by atoms with Gasteiger partial charge in [-0.2, -0.15) is 0 Å². The van der Waals surface area contributed by atoms with Crippen molar-refractivity contribution >= 4 is 5.91 Å². The van der Waals surface area contributed by atoms with E-state index in [1.807, 2.05) is 5.43 Å². The predicted octanol–water partition coefficient (Wildman–Crippen LogP) is -1.15. The number of amides is 1. The molecule has 0 aliphatic heterocycles. The Balaban J connectivity index is 2.38. The van der Waals surface area contributed by atoms with Crippen LogP contribution in [0.3, 0.4) is 0 Å². The topological polar surface area (TPSA) is 90.1 Å². The van der Waals surface area contributed by atoms with Crippen molar-refractivity contribution in [2.75, 3.05) is 6.61 Å². The first-order valence-electron chi connectivity index (χ1n) is 3.22. The third kappa shape index (κ3) is 2.51. The van der Waals surface area contributed by atoms with Crippen LogP contribution in [-0.2, 0) is 4.79 Å². The summed E-state index contributed by atoms with van der Waals surface area (Å²) in [4.78, 5) is 18.0. The number of hydrogen-bond acceptors (Lipinski definition) is 5. The minimum atomic E-state index is -0.428. The number of hydrazine groups is 1. The Bertz CT molecular complexity index is 251. The highest BCUT2D eigenvalue weighted by atomic mass is 16.5. The lowest BCUT2D eigenvalue weighted by Crippen LogP contribution is -2.34. The van der Waals surface area contributed by atoms with Crippen molar-refractivity contribution in [3.8, 4) is 6.01 Å². The number of ether oxygens (including phenoxy) is 1. The highest BCUT2D eigenvalue weighted by Gasteiger charge is 2.00. The maximum absolute atomic E-state index is 10.6. The average molecular weight is 168 g/mol. The van der Waals surface area contributed by atoms with E-state index in [2.05, 4.69) is 9.97 Å². The van der Waals surface area contributed by atoms with E-state index in [1.54, 1.807) is 6.07 Å². The molecule has 1 aromatic rings. The summed E-state index contributed by atoms with van der Waals surface area (Å²) in [6.45, 7) is -0.180. The number of rotatable bonds is 3. The average Bonchev–Trinajstić information content (AvgIpc) is 2.16. The molecule has 6 heteroatoms. The zero-order chi connectivity index (χ0) is 8.81. The smallest absolute Gasteiger partial charge is 0.316 e. The van der Waals surface area contributed by atoms with Crippen molar-refractivity contribution in [2.24, 2.45) is 5.84 Å². The van der Waals surface area contributed by atoms with E-state index in [1.165, 1.54) is 12.4 Å². The quantitative estimate of drug-likeness (QED) is 0.337. The molecule has 0 fully saturated rings. The van der Waals surface area contributed by atoms with Gasteiger partial charge in [0.2, 0.25) is 0 Å². The number of carbonyl (C=O) groups excluding carboxylic acids is 1. The van der Waals surface area contributed by atoms with Crippen molar-refractivity contribution < 1.29 is 9.53 Å². The van der Waals surface area contributed by atoms with Crippen LogP contribution in [0.1, 0.15) is 0 Å². The molecule has 0 aliphatic rings. The fourth-order valence-electron chi connectivity index (χ4n) is 0.532. The summed E-state index contributed by atoms with van der Waals surface area (Å²) >= 11 is 0. The molecule has 0 spiro atoms. The Morgan fingerprint density at radius 1 is 1.58 bits per heavy atom. The van der Waals surface area contributed by atoms with Crippen LogP contribution in [0.2, 0.25) is 0 Å². The van der Waals surface area contributed by atoms with Gasteiger partial charge in [-0.25, -0.2) is 15.8 Å². The molecule has 0 bridgehead atoms. The van der Waals surface area contributed by atoms with E-state index in [9.17, 15) is 4.79 Å². The van der Waals surface area contributed by atoms with Gasteiger partial charge in [-0.05, 0) is 6.07 Å². The van der Waals surface area contributed by atoms with Crippen LogP contribution in [-0.4, -0.2) is 22.5 Å². The first-order chi connectivity index (χ1) is 5.83. The van der Waals surface area contributed by atoms with Crippen molar-refractivity contribution in [3.05, 3.63) is 18.5 Å². The third-order valence-electron chi connectivity index (χ3n) is 1.04. The summed E-state index contributed by atoms with van der Waals surface area (Å²) in [5.41, 5.74) is 1.92. The first kappa shape index (κ1) is 8.41. The molecule has 1 aromatic heterocycles. The van der Waals surface area contributed by atoms with E-state index >= 15 is 0 Å². The Morgan fingerprint density at radius 2 is 2.25 bits per heavy atom. The number of nitrogens with one attached hydrogen (secondary N) is 1. The van der Waals surface area contributed by atoms with E-state index < -0.39 is 5.91 Å². The minimum absolute atomic E-state index is 0.154. The summed E-state index contributed by atoms with van der Waals surface area (Å²) < 4.78 is 4.84. The zero-order valence-electron chi connectivity index (χ0n) is 6.23. The molecule has 6 nitrogen and oxygen atoms in total. The third-order valence-corrected chi connectivity index (χ3v) is 1.04. The SMILES string of the molecule is NNC(=O)COc1ncccn1. The first-order valence-corrected chi connectivity index (χ1v) is 3.22. The standard InChI is InChI=1S/C6H8N4O2/c7-10-5(11)4-12-6-8-2-1-3-9-6/h1-3H,4,7H2,(H,10,11). The van der Waals surface area contributed by atoms with Crippen molar-refractivity contribution in [1.82, 2.24) is 15.4 Å². The summed E-state index contributed by atoms with van der Waals surface area (Å²) in [6, 6.07) is 1.80. The Labute approximate surface area is 68.7 Å². The van der Waals surface area contributed by atoms with Crippen molar-refractivity contribution in [1.29, 1.82) is 0 Å². The monoisotopic (exact) mass is 168 g/mol. The largest absolute Gasteiger partial charge is 0.453 e. The number of aromatic nitrogens is 2. The zero-order valence-corrected chi connectivity index (χ0v) is 6.23.